The molecule has 0 bridgehead atoms. The van der Waals surface area contributed by atoms with Crippen LogP contribution < -0.4 is 15.4 Å². The molecule has 5 nitrogen and oxygen atoms in total. The van der Waals surface area contributed by atoms with Crippen molar-refractivity contribution in [3.8, 4) is 5.75 Å². The van der Waals surface area contributed by atoms with Gasteiger partial charge in [0.2, 0.25) is 5.91 Å². The average Bonchev–Trinajstić information content (AvgIpc) is 2.78. The summed E-state index contributed by atoms with van der Waals surface area (Å²) in [5.41, 5.74) is 5.58. The van der Waals surface area contributed by atoms with E-state index in [1.807, 2.05) is 68.4 Å². The van der Waals surface area contributed by atoms with Gasteiger partial charge < -0.3 is 15.4 Å². The highest BCUT2D eigenvalue weighted by atomic mass is 16.5. The molecule has 0 spiro atoms. The summed E-state index contributed by atoms with van der Waals surface area (Å²) < 4.78 is 5.82. The van der Waals surface area contributed by atoms with Crippen LogP contribution in [0.5, 0.6) is 5.75 Å². The van der Waals surface area contributed by atoms with E-state index in [0.717, 1.165) is 28.0 Å². The summed E-state index contributed by atoms with van der Waals surface area (Å²) in [5, 5.41) is 5.95. The van der Waals surface area contributed by atoms with E-state index < -0.39 is 0 Å². The molecule has 0 radical (unpaired) electrons. The maximum atomic E-state index is 12.7. The third-order valence-electron chi connectivity index (χ3n) is 5.62. The number of rotatable bonds is 5. The van der Waals surface area contributed by atoms with E-state index in [2.05, 4.69) is 10.6 Å². The van der Waals surface area contributed by atoms with Crippen molar-refractivity contribution in [2.45, 2.75) is 26.8 Å². The third-order valence-corrected chi connectivity index (χ3v) is 5.62. The molecule has 0 saturated carbocycles. The molecule has 0 aromatic heterocycles. The zero-order valence-corrected chi connectivity index (χ0v) is 17.8. The molecule has 158 valence electrons. The minimum atomic E-state index is -0.264. The summed E-state index contributed by atoms with van der Waals surface area (Å²) in [6.07, 6.45) is 0.573. The lowest BCUT2D eigenvalue weighted by molar-refractivity contribution is -0.126. The van der Waals surface area contributed by atoms with Gasteiger partial charge in [0.05, 0.1) is 5.92 Å². The highest BCUT2D eigenvalue weighted by Gasteiger charge is 2.26. The fourth-order valence-electron chi connectivity index (χ4n) is 3.68. The second kappa shape index (κ2) is 9.04. The number of carbonyl (C=O) groups is 2. The predicted molar refractivity (Wildman–Crippen MR) is 121 cm³/mol. The Morgan fingerprint density at radius 2 is 1.77 bits per heavy atom. The van der Waals surface area contributed by atoms with Crippen LogP contribution >= 0.6 is 0 Å². The van der Waals surface area contributed by atoms with Crippen LogP contribution in [0.1, 0.15) is 32.6 Å². The smallest absolute Gasteiger partial charge is 0.255 e. The molecule has 31 heavy (non-hydrogen) atoms. The highest BCUT2D eigenvalue weighted by Crippen LogP contribution is 2.30. The van der Waals surface area contributed by atoms with Crippen LogP contribution in [0, 0.1) is 19.8 Å². The Morgan fingerprint density at radius 3 is 2.55 bits per heavy atom. The van der Waals surface area contributed by atoms with Gasteiger partial charge in [-0.2, -0.15) is 0 Å². The Balaban J connectivity index is 1.40. The van der Waals surface area contributed by atoms with E-state index in [0.29, 0.717) is 30.8 Å². The monoisotopic (exact) mass is 414 g/mol. The molecule has 0 saturated heterocycles. The summed E-state index contributed by atoms with van der Waals surface area (Å²) >= 11 is 0. The topological polar surface area (TPSA) is 67.4 Å². The lowest BCUT2D eigenvalue weighted by atomic mass is 9.95. The largest absolute Gasteiger partial charge is 0.492 e. The van der Waals surface area contributed by atoms with Gasteiger partial charge in [-0.15, -0.1) is 0 Å². The van der Waals surface area contributed by atoms with Crippen LogP contribution in [0.25, 0.3) is 0 Å². The Kier molecular flexibility index (Phi) is 6.03. The number of anilines is 1. The molecule has 0 aliphatic carbocycles. The Hall–Kier alpha value is -3.60. The van der Waals surface area contributed by atoms with Gasteiger partial charge in [0.15, 0.2) is 0 Å². The summed E-state index contributed by atoms with van der Waals surface area (Å²) in [5.74, 6) is 0.308. The number of amides is 2. The molecule has 5 heteroatoms. The Morgan fingerprint density at radius 1 is 1.00 bits per heavy atom. The van der Waals surface area contributed by atoms with Crippen LogP contribution in [-0.4, -0.2) is 18.4 Å². The van der Waals surface area contributed by atoms with Gasteiger partial charge in [-0.1, -0.05) is 42.0 Å². The quantitative estimate of drug-likeness (QED) is 0.649. The minimum absolute atomic E-state index is 0.0250. The predicted octanol–water partition coefficient (Wildman–Crippen LogP) is 4.42. The molecule has 3 aromatic rings. The van der Waals surface area contributed by atoms with Crippen molar-refractivity contribution < 1.29 is 14.3 Å². The van der Waals surface area contributed by atoms with E-state index in [4.69, 9.17) is 4.74 Å². The van der Waals surface area contributed by atoms with Gasteiger partial charge in [-0.25, -0.2) is 0 Å². The Bertz CT molecular complexity index is 1110. The van der Waals surface area contributed by atoms with E-state index in [-0.39, 0.29) is 17.7 Å². The van der Waals surface area contributed by atoms with Gasteiger partial charge in [0, 0.05) is 17.8 Å². The number of ether oxygens (including phenoxy) is 1. The lowest BCUT2D eigenvalue weighted by Gasteiger charge is -2.25. The Labute approximate surface area is 182 Å². The van der Waals surface area contributed by atoms with Gasteiger partial charge in [0.25, 0.3) is 5.91 Å². The third kappa shape index (κ3) is 4.94. The lowest BCUT2D eigenvalue weighted by Crippen LogP contribution is -2.37. The van der Waals surface area contributed by atoms with E-state index in [9.17, 15) is 9.59 Å². The highest BCUT2D eigenvalue weighted by molar-refractivity contribution is 6.04. The van der Waals surface area contributed by atoms with Crippen molar-refractivity contribution in [2.24, 2.45) is 5.92 Å². The summed E-state index contributed by atoms with van der Waals surface area (Å²) in [6, 6.07) is 21.0. The number of fused-ring (bicyclic) bond motifs is 1. The maximum Gasteiger partial charge on any atom is 0.255 e. The maximum absolute atomic E-state index is 12.7. The van der Waals surface area contributed by atoms with E-state index in [1.165, 1.54) is 0 Å². The van der Waals surface area contributed by atoms with Crippen molar-refractivity contribution in [2.75, 3.05) is 11.9 Å². The number of benzene rings is 3. The number of hydrogen-bond donors (Lipinski definition) is 2. The molecule has 1 heterocycles. The normalized spacial score (nSPS) is 14.8. The first-order chi connectivity index (χ1) is 15.0. The molecule has 1 atom stereocenters. The van der Waals surface area contributed by atoms with Gasteiger partial charge in [-0.05, 0) is 67.3 Å². The molecule has 2 amide bonds. The molecule has 2 N–H and O–H groups in total. The van der Waals surface area contributed by atoms with Crippen molar-refractivity contribution in [1.82, 2.24) is 5.32 Å². The average molecular weight is 415 g/mol. The SMILES string of the molecule is Cc1ccc(C(=O)Nc2ccc3c(c2)CC(C(=O)NCc2ccccc2C)CO3)cc1. The second-order valence-corrected chi connectivity index (χ2v) is 8.00. The summed E-state index contributed by atoms with van der Waals surface area (Å²) in [7, 11) is 0. The first-order valence-corrected chi connectivity index (χ1v) is 10.5. The molecule has 1 aliphatic heterocycles. The molecular formula is C26H26N2O3. The van der Waals surface area contributed by atoms with Gasteiger partial charge >= 0.3 is 0 Å². The molecular weight excluding hydrogens is 388 g/mol. The standard InChI is InChI=1S/C26H26N2O3/c1-17-7-9-19(10-8-17)26(30)28-23-11-12-24-21(14-23)13-22(16-31-24)25(29)27-15-20-6-4-3-5-18(20)2/h3-12,14,22H,13,15-16H2,1-2H3,(H,27,29)(H,28,30). The molecule has 4 rings (SSSR count). The molecule has 0 fully saturated rings. The number of carbonyl (C=O) groups excluding carboxylic acids is 2. The van der Waals surface area contributed by atoms with Crippen LogP contribution in [0.3, 0.4) is 0 Å². The van der Waals surface area contributed by atoms with Gasteiger partial charge in [-0.3, -0.25) is 9.59 Å². The number of hydrogen-bond acceptors (Lipinski definition) is 3. The fraction of sp³-hybridized carbons (Fsp3) is 0.231. The molecule has 3 aromatic carbocycles. The van der Waals surface area contributed by atoms with Crippen molar-refractivity contribution >= 4 is 17.5 Å². The first kappa shape index (κ1) is 20.7. The van der Waals surface area contributed by atoms with Crippen molar-refractivity contribution in [3.05, 3.63) is 94.5 Å². The van der Waals surface area contributed by atoms with Gasteiger partial charge in [0.1, 0.15) is 12.4 Å². The van der Waals surface area contributed by atoms with Crippen LogP contribution in [0.15, 0.2) is 66.7 Å². The van der Waals surface area contributed by atoms with Crippen molar-refractivity contribution in [3.63, 3.8) is 0 Å². The zero-order valence-electron chi connectivity index (χ0n) is 17.8. The van der Waals surface area contributed by atoms with E-state index in [1.54, 1.807) is 12.1 Å². The zero-order chi connectivity index (χ0) is 21.8. The van der Waals surface area contributed by atoms with Crippen LogP contribution in [0.2, 0.25) is 0 Å². The van der Waals surface area contributed by atoms with E-state index >= 15 is 0 Å². The summed E-state index contributed by atoms with van der Waals surface area (Å²) in [4.78, 5) is 25.2. The second-order valence-electron chi connectivity index (χ2n) is 8.00. The number of aryl methyl sites for hydroxylation is 2. The minimum Gasteiger partial charge on any atom is -0.492 e. The molecule has 1 aliphatic rings. The van der Waals surface area contributed by atoms with Crippen LogP contribution in [-0.2, 0) is 17.8 Å². The first-order valence-electron chi connectivity index (χ1n) is 10.5. The summed E-state index contributed by atoms with van der Waals surface area (Å²) in [6.45, 7) is 4.87. The van der Waals surface area contributed by atoms with Crippen LogP contribution in [0.4, 0.5) is 5.69 Å². The molecule has 1 unspecified atom stereocenters. The fourth-order valence-corrected chi connectivity index (χ4v) is 3.68. The van der Waals surface area contributed by atoms with Crippen molar-refractivity contribution in [1.29, 1.82) is 0 Å². The number of nitrogens with one attached hydrogen (secondary N) is 2.